The van der Waals surface area contributed by atoms with Crippen molar-refractivity contribution in [3.8, 4) is 10.7 Å². The smallest absolute Gasteiger partial charge is 0.228 e. The minimum Gasteiger partial charge on any atom is -0.339 e. The Bertz CT molecular complexity index is 483. The first-order valence-electron chi connectivity index (χ1n) is 5.50. The van der Waals surface area contributed by atoms with Crippen molar-refractivity contribution in [2.24, 2.45) is 0 Å². The van der Waals surface area contributed by atoms with E-state index in [9.17, 15) is 0 Å². The number of halogens is 1. The Morgan fingerprint density at radius 3 is 3.00 bits per heavy atom. The van der Waals surface area contributed by atoms with Crippen LogP contribution in [0.1, 0.15) is 19.7 Å². The molecule has 4 nitrogen and oxygen atoms in total. The summed E-state index contributed by atoms with van der Waals surface area (Å²) in [6.07, 6.45) is 0.757. The van der Waals surface area contributed by atoms with Crippen LogP contribution in [0, 0.1) is 0 Å². The molecule has 6 heteroatoms. The first kappa shape index (κ1) is 12.7. The van der Waals surface area contributed by atoms with Crippen LogP contribution in [0.15, 0.2) is 20.4 Å². The number of nitrogens with zero attached hydrogens (tertiary/aromatic N) is 2. The highest BCUT2D eigenvalue weighted by molar-refractivity contribution is 9.11. The van der Waals surface area contributed by atoms with E-state index in [1.807, 2.05) is 12.1 Å². The molecule has 2 heterocycles. The number of hydrogen-bond acceptors (Lipinski definition) is 5. The average Bonchev–Trinajstić information content (AvgIpc) is 2.87. The molecule has 0 aliphatic heterocycles. The van der Waals surface area contributed by atoms with Crippen molar-refractivity contribution in [1.82, 2.24) is 15.5 Å². The number of aromatic nitrogens is 2. The molecule has 1 N–H and O–H groups in total. The molecule has 0 saturated carbocycles. The molecule has 92 valence electrons. The van der Waals surface area contributed by atoms with Gasteiger partial charge in [-0.2, -0.15) is 4.98 Å². The van der Waals surface area contributed by atoms with E-state index in [0.29, 0.717) is 17.8 Å². The van der Waals surface area contributed by atoms with Crippen LogP contribution in [-0.4, -0.2) is 22.7 Å². The lowest BCUT2D eigenvalue weighted by Crippen LogP contribution is -2.27. The van der Waals surface area contributed by atoms with Crippen molar-refractivity contribution >= 4 is 27.3 Å². The Hall–Kier alpha value is -0.720. The molecule has 0 aliphatic carbocycles. The normalized spacial score (nSPS) is 12.9. The summed E-state index contributed by atoms with van der Waals surface area (Å²) in [4.78, 5) is 5.40. The highest BCUT2D eigenvalue weighted by Gasteiger charge is 2.12. The third-order valence-electron chi connectivity index (χ3n) is 2.30. The van der Waals surface area contributed by atoms with E-state index < -0.39 is 0 Å². The van der Waals surface area contributed by atoms with Gasteiger partial charge in [-0.05, 0) is 41.5 Å². The zero-order valence-corrected chi connectivity index (χ0v) is 12.1. The second-order valence-electron chi connectivity index (χ2n) is 3.78. The van der Waals surface area contributed by atoms with Crippen LogP contribution in [0.3, 0.4) is 0 Å². The standard InChI is InChI=1S/C11H14BrN3OS/c1-3-13-7(2)6-10-14-11(15-16-10)8-4-5-9(12)17-8/h4-5,7,13H,3,6H2,1-2H3. The first-order valence-corrected chi connectivity index (χ1v) is 7.11. The summed E-state index contributed by atoms with van der Waals surface area (Å²) in [6, 6.07) is 4.32. The van der Waals surface area contributed by atoms with Gasteiger partial charge >= 0.3 is 0 Å². The van der Waals surface area contributed by atoms with Gasteiger partial charge in [0, 0.05) is 12.5 Å². The van der Waals surface area contributed by atoms with Crippen molar-refractivity contribution in [1.29, 1.82) is 0 Å². The van der Waals surface area contributed by atoms with Gasteiger partial charge in [-0.15, -0.1) is 11.3 Å². The topological polar surface area (TPSA) is 51.0 Å². The van der Waals surface area contributed by atoms with E-state index >= 15 is 0 Å². The van der Waals surface area contributed by atoms with Gasteiger partial charge < -0.3 is 9.84 Å². The van der Waals surface area contributed by atoms with Crippen LogP contribution < -0.4 is 5.32 Å². The molecule has 0 saturated heterocycles. The molecule has 0 amide bonds. The largest absolute Gasteiger partial charge is 0.339 e. The molecule has 0 spiro atoms. The first-order chi connectivity index (χ1) is 8.19. The number of rotatable bonds is 5. The molecule has 0 aliphatic rings. The maximum absolute atomic E-state index is 5.24. The molecular formula is C11H14BrN3OS. The molecule has 2 rings (SSSR count). The molecule has 1 unspecified atom stereocenters. The van der Waals surface area contributed by atoms with Crippen molar-refractivity contribution in [2.45, 2.75) is 26.3 Å². The van der Waals surface area contributed by atoms with Crippen molar-refractivity contribution in [3.05, 3.63) is 21.8 Å². The Labute approximate surface area is 113 Å². The molecule has 0 radical (unpaired) electrons. The molecule has 0 aromatic carbocycles. The van der Waals surface area contributed by atoms with E-state index in [4.69, 9.17) is 4.52 Å². The summed E-state index contributed by atoms with van der Waals surface area (Å²) in [5.74, 6) is 1.34. The van der Waals surface area contributed by atoms with Gasteiger partial charge in [-0.1, -0.05) is 12.1 Å². The van der Waals surface area contributed by atoms with Crippen LogP contribution in [0.5, 0.6) is 0 Å². The molecule has 1 atom stereocenters. The van der Waals surface area contributed by atoms with Crippen LogP contribution in [0.25, 0.3) is 10.7 Å². The summed E-state index contributed by atoms with van der Waals surface area (Å²) in [5, 5.41) is 7.30. The summed E-state index contributed by atoms with van der Waals surface area (Å²) in [5.41, 5.74) is 0. The minimum atomic E-state index is 0.350. The average molecular weight is 316 g/mol. The lowest BCUT2D eigenvalue weighted by atomic mass is 10.2. The number of nitrogens with one attached hydrogen (secondary N) is 1. The van der Waals surface area contributed by atoms with E-state index in [2.05, 4.69) is 45.2 Å². The van der Waals surface area contributed by atoms with E-state index in [1.54, 1.807) is 11.3 Å². The van der Waals surface area contributed by atoms with Crippen LogP contribution in [0.4, 0.5) is 0 Å². The van der Waals surface area contributed by atoms with Crippen LogP contribution in [0.2, 0.25) is 0 Å². The highest BCUT2D eigenvalue weighted by atomic mass is 79.9. The zero-order chi connectivity index (χ0) is 12.3. The molecule has 2 aromatic heterocycles. The zero-order valence-electron chi connectivity index (χ0n) is 9.74. The number of hydrogen-bond donors (Lipinski definition) is 1. The van der Waals surface area contributed by atoms with Crippen molar-refractivity contribution in [2.75, 3.05) is 6.54 Å². The molecule has 2 aromatic rings. The Morgan fingerprint density at radius 2 is 2.35 bits per heavy atom. The molecular weight excluding hydrogens is 302 g/mol. The third-order valence-corrected chi connectivity index (χ3v) is 3.91. The number of likely N-dealkylation sites (N-methyl/N-ethyl adjacent to an activating group) is 1. The fraction of sp³-hybridized carbons (Fsp3) is 0.455. The van der Waals surface area contributed by atoms with E-state index in [1.165, 1.54) is 0 Å². The third kappa shape index (κ3) is 3.37. The molecule has 0 bridgehead atoms. The number of thiophene rings is 1. The predicted octanol–water partition coefficient (Wildman–Crippen LogP) is 3.10. The maximum Gasteiger partial charge on any atom is 0.228 e. The van der Waals surface area contributed by atoms with Gasteiger partial charge in [-0.3, -0.25) is 0 Å². The van der Waals surface area contributed by atoms with Crippen molar-refractivity contribution < 1.29 is 4.52 Å². The SMILES string of the molecule is CCNC(C)Cc1nc(-c2ccc(Br)s2)no1. The van der Waals surface area contributed by atoms with Crippen molar-refractivity contribution in [3.63, 3.8) is 0 Å². The Morgan fingerprint density at radius 1 is 1.53 bits per heavy atom. The van der Waals surface area contributed by atoms with E-state index in [-0.39, 0.29) is 0 Å². The van der Waals surface area contributed by atoms with Crippen LogP contribution in [-0.2, 0) is 6.42 Å². The lowest BCUT2D eigenvalue weighted by Gasteiger charge is -2.07. The Balaban J connectivity index is 2.05. The monoisotopic (exact) mass is 315 g/mol. The van der Waals surface area contributed by atoms with Gasteiger partial charge in [0.05, 0.1) is 8.66 Å². The maximum atomic E-state index is 5.24. The fourth-order valence-corrected chi connectivity index (χ4v) is 2.87. The second kappa shape index (κ2) is 5.75. The summed E-state index contributed by atoms with van der Waals surface area (Å²) in [6.45, 7) is 5.13. The van der Waals surface area contributed by atoms with Gasteiger partial charge in [0.25, 0.3) is 0 Å². The highest BCUT2D eigenvalue weighted by Crippen LogP contribution is 2.29. The molecule has 0 fully saturated rings. The lowest BCUT2D eigenvalue weighted by molar-refractivity contribution is 0.363. The summed E-state index contributed by atoms with van der Waals surface area (Å²) >= 11 is 5.02. The second-order valence-corrected chi connectivity index (χ2v) is 6.24. The molecule has 17 heavy (non-hydrogen) atoms. The van der Waals surface area contributed by atoms with Gasteiger partial charge in [0.15, 0.2) is 0 Å². The minimum absolute atomic E-state index is 0.350. The van der Waals surface area contributed by atoms with E-state index in [0.717, 1.165) is 21.6 Å². The predicted molar refractivity (Wildman–Crippen MR) is 72.2 cm³/mol. The Kier molecular flexibility index (Phi) is 4.31. The van der Waals surface area contributed by atoms with Crippen LogP contribution >= 0.6 is 27.3 Å². The van der Waals surface area contributed by atoms with Gasteiger partial charge in [-0.25, -0.2) is 0 Å². The van der Waals surface area contributed by atoms with Gasteiger partial charge in [0.2, 0.25) is 11.7 Å². The summed E-state index contributed by atoms with van der Waals surface area (Å²) in [7, 11) is 0. The summed E-state index contributed by atoms with van der Waals surface area (Å²) < 4.78 is 6.30. The quantitative estimate of drug-likeness (QED) is 0.921. The fourth-order valence-electron chi connectivity index (χ4n) is 1.55. The van der Waals surface area contributed by atoms with Gasteiger partial charge in [0.1, 0.15) is 0 Å².